The lowest BCUT2D eigenvalue weighted by molar-refractivity contribution is -0.119. The van der Waals surface area contributed by atoms with Gasteiger partial charge in [0.15, 0.2) is 0 Å². The summed E-state index contributed by atoms with van der Waals surface area (Å²) in [7, 11) is 0. The summed E-state index contributed by atoms with van der Waals surface area (Å²) in [5, 5.41) is 22.3. The standard InChI is InChI=1S/C11H13BrClNO3/c1-6(15)14-5-10(16)11(17)8-3-2-7(12)4-9(8)13/h2-4,10-11,16-17H,5H2,1H3,(H,14,15). The van der Waals surface area contributed by atoms with Crippen LogP contribution >= 0.6 is 27.5 Å². The fourth-order valence-corrected chi connectivity index (χ4v) is 2.09. The molecule has 94 valence electrons. The molecule has 0 aliphatic carbocycles. The van der Waals surface area contributed by atoms with Crippen molar-refractivity contribution >= 4 is 33.4 Å². The number of rotatable bonds is 4. The van der Waals surface area contributed by atoms with Crippen LogP contribution in [0.15, 0.2) is 22.7 Å². The maximum atomic E-state index is 10.7. The molecule has 0 aliphatic heterocycles. The minimum atomic E-state index is -1.14. The summed E-state index contributed by atoms with van der Waals surface area (Å²) in [5.41, 5.74) is 0.424. The minimum Gasteiger partial charge on any atom is -0.388 e. The van der Waals surface area contributed by atoms with Crippen LogP contribution in [0.25, 0.3) is 0 Å². The Morgan fingerprint density at radius 3 is 2.71 bits per heavy atom. The normalized spacial score (nSPS) is 14.2. The zero-order valence-electron chi connectivity index (χ0n) is 9.15. The predicted molar refractivity (Wildman–Crippen MR) is 68.8 cm³/mol. The number of benzene rings is 1. The fourth-order valence-electron chi connectivity index (χ4n) is 1.31. The molecule has 0 bridgehead atoms. The third-order valence-corrected chi connectivity index (χ3v) is 3.03. The predicted octanol–water partition coefficient (Wildman–Crippen LogP) is 1.63. The largest absolute Gasteiger partial charge is 0.388 e. The van der Waals surface area contributed by atoms with Crippen molar-refractivity contribution in [3.8, 4) is 0 Å². The van der Waals surface area contributed by atoms with E-state index in [4.69, 9.17) is 11.6 Å². The highest BCUT2D eigenvalue weighted by atomic mass is 79.9. The van der Waals surface area contributed by atoms with Gasteiger partial charge in [0, 0.05) is 28.5 Å². The molecule has 0 fully saturated rings. The van der Waals surface area contributed by atoms with Gasteiger partial charge in [0.1, 0.15) is 12.2 Å². The third-order valence-electron chi connectivity index (χ3n) is 2.21. The minimum absolute atomic E-state index is 0.0249. The number of halogens is 2. The molecule has 1 amide bonds. The lowest BCUT2D eigenvalue weighted by atomic mass is 10.0. The van der Waals surface area contributed by atoms with Crippen molar-refractivity contribution < 1.29 is 15.0 Å². The number of nitrogens with one attached hydrogen (secondary N) is 1. The average Bonchev–Trinajstić information content (AvgIpc) is 2.25. The molecule has 0 heterocycles. The Morgan fingerprint density at radius 1 is 1.53 bits per heavy atom. The van der Waals surface area contributed by atoms with E-state index < -0.39 is 12.2 Å². The van der Waals surface area contributed by atoms with E-state index in [-0.39, 0.29) is 12.5 Å². The summed E-state index contributed by atoms with van der Waals surface area (Å²) >= 11 is 9.19. The van der Waals surface area contributed by atoms with Gasteiger partial charge in [0.25, 0.3) is 0 Å². The summed E-state index contributed by atoms with van der Waals surface area (Å²) < 4.78 is 0.787. The molecule has 1 aromatic carbocycles. The average molecular weight is 323 g/mol. The number of aliphatic hydroxyl groups is 2. The Balaban J connectivity index is 2.74. The number of carbonyl (C=O) groups excluding carboxylic acids is 1. The smallest absolute Gasteiger partial charge is 0.216 e. The molecule has 1 rings (SSSR count). The first kappa shape index (κ1) is 14.4. The molecule has 3 N–H and O–H groups in total. The maximum absolute atomic E-state index is 10.7. The summed E-state index contributed by atoms with van der Waals surface area (Å²) in [5.74, 6) is -0.266. The van der Waals surface area contributed by atoms with Crippen LogP contribution in [0.4, 0.5) is 0 Å². The second-order valence-electron chi connectivity index (χ2n) is 3.62. The molecule has 6 heteroatoms. The first-order valence-electron chi connectivity index (χ1n) is 4.97. The Hall–Kier alpha value is -0.620. The molecular formula is C11H13BrClNO3. The first-order valence-corrected chi connectivity index (χ1v) is 6.14. The van der Waals surface area contributed by atoms with Crippen molar-refractivity contribution in [2.75, 3.05) is 6.54 Å². The Labute approximate surface area is 113 Å². The number of amides is 1. The van der Waals surface area contributed by atoms with E-state index in [9.17, 15) is 15.0 Å². The molecule has 0 aliphatic rings. The maximum Gasteiger partial charge on any atom is 0.216 e. The SMILES string of the molecule is CC(=O)NCC(O)C(O)c1ccc(Br)cc1Cl. The Morgan fingerprint density at radius 2 is 2.18 bits per heavy atom. The van der Waals surface area contributed by atoms with E-state index >= 15 is 0 Å². The molecule has 0 aromatic heterocycles. The van der Waals surface area contributed by atoms with E-state index in [1.54, 1.807) is 18.2 Å². The molecular weight excluding hydrogens is 309 g/mol. The topological polar surface area (TPSA) is 69.6 Å². The highest BCUT2D eigenvalue weighted by molar-refractivity contribution is 9.10. The molecule has 1 aromatic rings. The van der Waals surface area contributed by atoms with Gasteiger partial charge in [-0.05, 0) is 12.1 Å². The first-order chi connectivity index (χ1) is 7.91. The van der Waals surface area contributed by atoms with Crippen LogP contribution in [0.5, 0.6) is 0 Å². The molecule has 0 saturated carbocycles. The zero-order valence-corrected chi connectivity index (χ0v) is 11.5. The number of hydrogen-bond acceptors (Lipinski definition) is 3. The van der Waals surface area contributed by atoms with Crippen LogP contribution in [-0.2, 0) is 4.79 Å². The van der Waals surface area contributed by atoms with Crippen LogP contribution in [0.3, 0.4) is 0 Å². The van der Waals surface area contributed by atoms with Gasteiger partial charge in [-0.2, -0.15) is 0 Å². The van der Waals surface area contributed by atoms with E-state index in [1.807, 2.05) is 0 Å². The van der Waals surface area contributed by atoms with Crippen molar-refractivity contribution in [1.29, 1.82) is 0 Å². The van der Waals surface area contributed by atoms with Crippen LogP contribution in [-0.4, -0.2) is 28.8 Å². The van der Waals surface area contributed by atoms with Crippen molar-refractivity contribution in [1.82, 2.24) is 5.32 Å². The van der Waals surface area contributed by atoms with Gasteiger partial charge in [0.05, 0.1) is 0 Å². The van der Waals surface area contributed by atoms with E-state index in [1.165, 1.54) is 6.92 Å². The molecule has 17 heavy (non-hydrogen) atoms. The van der Waals surface area contributed by atoms with Gasteiger partial charge >= 0.3 is 0 Å². The highest BCUT2D eigenvalue weighted by Crippen LogP contribution is 2.28. The van der Waals surface area contributed by atoms with Crippen LogP contribution < -0.4 is 5.32 Å². The van der Waals surface area contributed by atoms with Gasteiger partial charge < -0.3 is 15.5 Å². The van der Waals surface area contributed by atoms with Gasteiger partial charge in [-0.15, -0.1) is 0 Å². The summed E-state index contributed by atoms with van der Waals surface area (Å²) in [6.45, 7) is 1.31. The van der Waals surface area contributed by atoms with E-state index in [0.717, 1.165) is 4.47 Å². The van der Waals surface area contributed by atoms with Gasteiger partial charge in [0.2, 0.25) is 5.91 Å². The van der Waals surface area contributed by atoms with Crippen molar-refractivity contribution in [2.24, 2.45) is 0 Å². The lowest BCUT2D eigenvalue weighted by Crippen LogP contribution is -2.34. The third kappa shape index (κ3) is 4.27. The number of aliphatic hydroxyl groups excluding tert-OH is 2. The van der Waals surface area contributed by atoms with Crippen molar-refractivity contribution in [3.05, 3.63) is 33.3 Å². The molecule has 2 atom stereocenters. The summed E-state index contributed by atoms with van der Waals surface area (Å²) in [6.07, 6.45) is -2.24. The Bertz CT molecular complexity index is 414. The highest BCUT2D eigenvalue weighted by Gasteiger charge is 2.20. The molecule has 0 saturated heterocycles. The van der Waals surface area contributed by atoms with Crippen molar-refractivity contribution in [3.63, 3.8) is 0 Å². The lowest BCUT2D eigenvalue weighted by Gasteiger charge is -2.19. The van der Waals surface area contributed by atoms with Crippen molar-refractivity contribution in [2.45, 2.75) is 19.1 Å². The van der Waals surface area contributed by atoms with Gasteiger partial charge in [-0.3, -0.25) is 4.79 Å². The molecule has 0 spiro atoms. The van der Waals surface area contributed by atoms with Crippen LogP contribution in [0.1, 0.15) is 18.6 Å². The molecule has 4 nitrogen and oxygen atoms in total. The molecule has 2 unspecified atom stereocenters. The summed E-state index contributed by atoms with van der Waals surface area (Å²) in [4.78, 5) is 10.7. The van der Waals surface area contributed by atoms with E-state index in [0.29, 0.717) is 10.6 Å². The monoisotopic (exact) mass is 321 g/mol. The van der Waals surface area contributed by atoms with Gasteiger partial charge in [-0.25, -0.2) is 0 Å². The second kappa shape index (κ2) is 6.35. The van der Waals surface area contributed by atoms with E-state index in [2.05, 4.69) is 21.2 Å². The molecule has 0 radical (unpaired) electrons. The number of carbonyl (C=O) groups is 1. The number of hydrogen-bond donors (Lipinski definition) is 3. The fraction of sp³-hybridized carbons (Fsp3) is 0.364. The zero-order chi connectivity index (χ0) is 13.0. The quantitative estimate of drug-likeness (QED) is 0.789. The summed E-state index contributed by atoms with van der Waals surface area (Å²) in [6, 6.07) is 4.97. The van der Waals surface area contributed by atoms with Crippen LogP contribution in [0.2, 0.25) is 5.02 Å². The Kier molecular flexibility index (Phi) is 5.39. The van der Waals surface area contributed by atoms with Crippen LogP contribution in [0, 0.1) is 0 Å². The van der Waals surface area contributed by atoms with Gasteiger partial charge in [-0.1, -0.05) is 33.6 Å². The second-order valence-corrected chi connectivity index (χ2v) is 4.94.